The van der Waals surface area contributed by atoms with Gasteiger partial charge in [-0.3, -0.25) is 0 Å². The molecule has 3 aromatic rings. The number of aryl methyl sites for hydroxylation is 2. The van der Waals surface area contributed by atoms with Crippen LogP contribution in [0.5, 0.6) is 0 Å². The van der Waals surface area contributed by atoms with Crippen molar-refractivity contribution < 1.29 is 0 Å². The molecule has 4 aliphatic rings. The molecule has 8 nitrogen and oxygen atoms in total. The Bertz CT molecular complexity index is 1760. The molecule has 8 heteroatoms. The summed E-state index contributed by atoms with van der Waals surface area (Å²) >= 11 is 0. The highest BCUT2D eigenvalue weighted by Gasteiger charge is 2.44. The van der Waals surface area contributed by atoms with Crippen LogP contribution in [0.4, 0.5) is 0 Å². The van der Waals surface area contributed by atoms with Crippen molar-refractivity contribution >= 4 is 45.4 Å². The third-order valence-corrected chi connectivity index (χ3v) is 7.04. The maximum atomic E-state index is 4.94. The largest absolute Gasteiger partial charge is 0.325 e. The molecule has 2 N–H and O–H groups in total. The van der Waals surface area contributed by atoms with E-state index in [-0.39, 0.29) is 11.3 Å². The van der Waals surface area contributed by atoms with Crippen LogP contribution in [0.15, 0.2) is 35.9 Å². The van der Waals surface area contributed by atoms with Crippen LogP contribution in [0.2, 0.25) is 0 Å². The summed E-state index contributed by atoms with van der Waals surface area (Å²) in [5.41, 5.74) is 9.36. The van der Waals surface area contributed by atoms with Crippen molar-refractivity contribution in [3.63, 3.8) is 0 Å². The molecule has 0 radical (unpaired) electrons. The van der Waals surface area contributed by atoms with Crippen LogP contribution in [0, 0.1) is 25.2 Å². The van der Waals surface area contributed by atoms with Crippen molar-refractivity contribution in [3.05, 3.63) is 70.4 Å². The summed E-state index contributed by atoms with van der Waals surface area (Å²) in [6, 6.07) is 3.97. The SMILES string of the molecule is CC1=Cc2nc1nc1nc(nc3cc(C)c(nc4cc(C)c(n2)[nH]4)[nH]3)C2=C1[C@H]1C=C1C(C)(C)C=C2. The first-order valence-corrected chi connectivity index (χ1v) is 11.8. The van der Waals surface area contributed by atoms with Crippen LogP contribution in [-0.4, -0.2) is 39.9 Å². The topological polar surface area (TPSA) is 109 Å². The highest BCUT2D eigenvalue weighted by Crippen LogP contribution is 2.55. The lowest BCUT2D eigenvalue weighted by Crippen LogP contribution is -2.07. The first-order chi connectivity index (χ1) is 16.7. The average molecular weight is 461 g/mol. The van der Waals surface area contributed by atoms with Crippen LogP contribution in [0.1, 0.15) is 55.2 Å². The van der Waals surface area contributed by atoms with E-state index in [0.29, 0.717) is 28.9 Å². The van der Waals surface area contributed by atoms with Crippen LogP contribution < -0.4 is 0 Å². The lowest BCUT2D eigenvalue weighted by atomic mass is 9.87. The monoisotopic (exact) mass is 460 g/mol. The molecule has 0 saturated carbocycles. The Morgan fingerprint density at radius 3 is 2.23 bits per heavy atom. The zero-order chi connectivity index (χ0) is 24.1. The predicted molar refractivity (Wildman–Crippen MR) is 137 cm³/mol. The van der Waals surface area contributed by atoms with E-state index in [9.17, 15) is 0 Å². The number of fused-ring (bicyclic) bond motifs is 12. The highest BCUT2D eigenvalue weighted by molar-refractivity contribution is 6.00. The zero-order valence-corrected chi connectivity index (χ0v) is 20.2. The van der Waals surface area contributed by atoms with Gasteiger partial charge in [-0.2, -0.15) is 0 Å². The number of allylic oxidation sites excluding steroid dienone is 7. The fourth-order valence-electron chi connectivity index (χ4n) is 5.00. The Morgan fingerprint density at radius 2 is 1.46 bits per heavy atom. The fourth-order valence-corrected chi connectivity index (χ4v) is 5.00. The molecule has 0 amide bonds. The Kier molecular flexibility index (Phi) is 3.86. The zero-order valence-electron chi connectivity index (χ0n) is 20.2. The van der Waals surface area contributed by atoms with Crippen LogP contribution in [0.3, 0.4) is 0 Å². The second kappa shape index (κ2) is 6.69. The molecule has 0 aromatic carbocycles. The van der Waals surface area contributed by atoms with E-state index in [4.69, 9.17) is 29.9 Å². The van der Waals surface area contributed by atoms with Gasteiger partial charge < -0.3 is 9.97 Å². The van der Waals surface area contributed by atoms with E-state index in [0.717, 1.165) is 44.8 Å². The second-order valence-corrected chi connectivity index (χ2v) is 10.2. The molecular weight excluding hydrogens is 436 g/mol. The smallest absolute Gasteiger partial charge is 0.164 e. The van der Waals surface area contributed by atoms with E-state index in [2.05, 4.69) is 42.0 Å². The molecule has 2 aliphatic carbocycles. The van der Waals surface area contributed by atoms with Crippen molar-refractivity contribution in [3.8, 4) is 0 Å². The lowest BCUT2D eigenvalue weighted by Gasteiger charge is -2.17. The summed E-state index contributed by atoms with van der Waals surface area (Å²) in [6.45, 7) is 10.5. The van der Waals surface area contributed by atoms with Gasteiger partial charge in [0.25, 0.3) is 0 Å². The molecule has 7 rings (SSSR count). The first-order valence-electron chi connectivity index (χ1n) is 11.8. The van der Waals surface area contributed by atoms with Gasteiger partial charge in [0.2, 0.25) is 0 Å². The third-order valence-electron chi connectivity index (χ3n) is 7.04. The number of nitrogens with zero attached hydrogens (tertiary/aromatic N) is 6. The van der Waals surface area contributed by atoms with Crippen molar-refractivity contribution in [2.45, 2.75) is 34.6 Å². The number of rotatable bonds is 0. The van der Waals surface area contributed by atoms with E-state index in [1.165, 1.54) is 5.57 Å². The van der Waals surface area contributed by atoms with Crippen molar-refractivity contribution in [1.82, 2.24) is 39.9 Å². The summed E-state index contributed by atoms with van der Waals surface area (Å²) in [5, 5.41) is 0. The molecule has 1 atom stereocenters. The van der Waals surface area contributed by atoms with Crippen LogP contribution in [0.25, 0.3) is 45.4 Å². The minimum atomic E-state index is -0.0105. The van der Waals surface area contributed by atoms with E-state index in [1.54, 1.807) is 0 Å². The van der Waals surface area contributed by atoms with Crippen molar-refractivity contribution in [2.75, 3.05) is 0 Å². The number of aromatic nitrogens is 8. The Balaban J connectivity index is 1.57. The summed E-state index contributed by atoms with van der Waals surface area (Å²) in [6.07, 6.45) is 8.65. The number of hydrogen-bond donors (Lipinski definition) is 2. The standard InChI is InChI=1S/C27H24N8/c1-12-8-18-28-22(12)30-19-10-14(3)24(32-19)34-26-21-15(6-7-27(4,5)17-11-16(17)21)25(35-26)33-20-9-13(2)23(29-18)31-20/h6-11,16H,1-5H3,(H2,28,29,30,31,32,33,34,35)/t16-/m0/s1. The molecule has 35 heavy (non-hydrogen) atoms. The summed E-state index contributed by atoms with van der Waals surface area (Å²) in [7, 11) is 0. The summed E-state index contributed by atoms with van der Waals surface area (Å²) in [4.78, 5) is 35.6. The molecule has 0 saturated heterocycles. The van der Waals surface area contributed by atoms with Crippen molar-refractivity contribution in [1.29, 1.82) is 0 Å². The van der Waals surface area contributed by atoms with Crippen molar-refractivity contribution in [2.24, 2.45) is 11.3 Å². The molecule has 0 fully saturated rings. The molecule has 0 spiro atoms. The fraction of sp³-hybridized carbons (Fsp3) is 0.259. The Labute approximate surface area is 201 Å². The molecule has 8 bridgehead atoms. The number of nitrogens with one attached hydrogen (secondary N) is 2. The maximum absolute atomic E-state index is 4.94. The van der Waals surface area contributed by atoms with Gasteiger partial charge in [0.15, 0.2) is 23.3 Å². The van der Waals surface area contributed by atoms with Gasteiger partial charge >= 0.3 is 0 Å². The van der Waals surface area contributed by atoms with Gasteiger partial charge in [-0.05, 0) is 55.7 Å². The first kappa shape index (κ1) is 20.2. The Hall–Kier alpha value is -4.20. The molecule has 0 unspecified atom stereocenters. The lowest BCUT2D eigenvalue weighted by molar-refractivity contribution is 0.588. The van der Waals surface area contributed by atoms with E-state index < -0.39 is 0 Å². The van der Waals surface area contributed by atoms with Gasteiger partial charge in [-0.25, -0.2) is 29.9 Å². The van der Waals surface area contributed by atoms with Gasteiger partial charge in [0.05, 0.1) is 0 Å². The number of H-pyrrole nitrogens is 2. The molecule has 172 valence electrons. The summed E-state index contributed by atoms with van der Waals surface area (Å²) < 4.78 is 0. The van der Waals surface area contributed by atoms with E-state index >= 15 is 0 Å². The maximum Gasteiger partial charge on any atom is 0.164 e. The predicted octanol–water partition coefficient (Wildman–Crippen LogP) is 5.14. The normalized spacial score (nSPS) is 19.6. The number of hydrogen-bond acceptors (Lipinski definition) is 6. The third kappa shape index (κ3) is 3.13. The van der Waals surface area contributed by atoms with Gasteiger partial charge in [-0.15, -0.1) is 0 Å². The number of aromatic amines is 2. The molecule has 3 aromatic heterocycles. The van der Waals surface area contributed by atoms with Gasteiger partial charge in [-0.1, -0.05) is 37.6 Å². The minimum Gasteiger partial charge on any atom is -0.325 e. The van der Waals surface area contributed by atoms with Crippen LogP contribution in [-0.2, 0) is 0 Å². The van der Waals surface area contributed by atoms with Gasteiger partial charge in [0, 0.05) is 22.5 Å². The van der Waals surface area contributed by atoms with E-state index in [1.807, 2.05) is 39.0 Å². The minimum absolute atomic E-state index is 0.0105. The molecular formula is C27H24N8. The Morgan fingerprint density at radius 1 is 0.771 bits per heavy atom. The quantitative estimate of drug-likeness (QED) is 0.450. The second-order valence-electron chi connectivity index (χ2n) is 10.2. The highest BCUT2D eigenvalue weighted by atomic mass is 15.1. The molecule has 2 aliphatic heterocycles. The summed E-state index contributed by atoms with van der Waals surface area (Å²) in [5.74, 6) is 2.78. The average Bonchev–Trinajstić information content (AvgIpc) is 3.13. The van der Waals surface area contributed by atoms with Crippen LogP contribution >= 0.6 is 0 Å². The van der Waals surface area contributed by atoms with Gasteiger partial charge in [0.1, 0.15) is 22.6 Å². The molecule has 5 heterocycles.